The number of aromatic nitrogens is 2. The molecule has 0 radical (unpaired) electrons. The van der Waals surface area contributed by atoms with Gasteiger partial charge < -0.3 is 19.3 Å². The van der Waals surface area contributed by atoms with Gasteiger partial charge in [-0.3, -0.25) is 0 Å². The van der Waals surface area contributed by atoms with E-state index in [1.165, 1.54) is 45.1 Å². The van der Waals surface area contributed by atoms with Crippen molar-refractivity contribution in [3.05, 3.63) is 42.5 Å². The fourth-order valence-corrected chi connectivity index (χ4v) is 2.14. The van der Waals surface area contributed by atoms with E-state index in [9.17, 15) is 14.7 Å². The average molecular weight is 334 g/mol. The second-order valence-electron chi connectivity index (χ2n) is 4.91. The molecule has 0 bridgehead atoms. The van der Waals surface area contributed by atoms with Crippen molar-refractivity contribution >= 4 is 12.1 Å². The van der Waals surface area contributed by atoms with E-state index in [4.69, 9.17) is 14.2 Å². The van der Waals surface area contributed by atoms with Gasteiger partial charge in [-0.25, -0.2) is 19.1 Å². The summed E-state index contributed by atoms with van der Waals surface area (Å²) in [5.74, 6) is -0.297. The smallest absolute Gasteiger partial charge is 0.427 e. The van der Waals surface area contributed by atoms with Crippen molar-refractivity contribution in [2.75, 3.05) is 14.2 Å². The summed E-state index contributed by atoms with van der Waals surface area (Å²) in [6.07, 6.45) is 2.93. The van der Waals surface area contributed by atoms with Crippen molar-refractivity contribution in [2.24, 2.45) is 0 Å². The Balaban J connectivity index is 2.30. The molecule has 128 valence electrons. The lowest BCUT2D eigenvalue weighted by molar-refractivity contribution is -0.160. The van der Waals surface area contributed by atoms with Gasteiger partial charge in [0.05, 0.1) is 14.2 Å². The molecule has 1 atom stereocenters. The summed E-state index contributed by atoms with van der Waals surface area (Å²) in [4.78, 5) is 27.9. The number of carbonyl (C=O) groups is 2. The van der Waals surface area contributed by atoms with Crippen molar-refractivity contribution in [1.82, 2.24) is 9.55 Å². The Morgan fingerprint density at radius 2 is 1.96 bits per heavy atom. The highest BCUT2D eigenvalue weighted by molar-refractivity contribution is 5.91. The lowest BCUT2D eigenvalue weighted by Gasteiger charge is -2.25. The maximum atomic E-state index is 12.4. The quantitative estimate of drug-likeness (QED) is 0.656. The third-order valence-electron chi connectivity index (χ3n) is 3.61. The molecule has 0 amide bonds. The molecule has 8 nitrogen and oxygen atoms in total. The van der Waals surface area contributed by atoms with E-state index in [1.807, 2.05) is 0 Å². The van der Waals surface area contributed by atoms with E-state index in [2.05, 4.69) is 4.98 Å². The van der Waals surface area contributed by atoms with Crippen molar-refractivity contribution in [3.8, 4) is 11.5 Å². The number of esters is 1. The average Bonchev–Trinajstić information content (AvgIpc) is 3.14. The predicted octanol–water partition coefficient (Wildman–Crippen LogP) is 1.71. The minimum Gasteiger partial charge on any atom is -0.493 e. The molecule has 0 aliphatic carbocycles. The van der Waals surface area contributed by atoms with E-state index in [0.29, 0.717) is 11.5 Å². The maximum Gasteiger partial charge on any atom is 0.427 e. The van der Waals surface area contributed by atoms with Crippen LogP contribution in [0.1, 0.15) is 18.9 Å². The molecule has 0 saturated carbocycles. The topological polar surface area (TPSA) is 99.9 Å². The van der Waals surface area contributed by atoms with Crippen LogP contribution in [0.5, 0.6) is 11.5 Å². The fraction of sp³-hybridized carbons (Fsp3) is 0.312. The molecule has 0 saturated heterocycles. The zero-order valence-electron chi connectivity index (χ0n) is 13.6. The minimum atomic E-state index is -2.00. The lowest BCUT2D eigenvalue weighted by atomic mass is 9.91. The van der Waals surface area contributed by atoms with Crippen molar-refractivity contribution < 1.29 is 28.9 Å². The number of rotatable bonds is 5. The standard InChI is InChI=1S/C16H18N2O6/c1-4-16(21,11-5-6-12(22-2)13(9-11)23-3)14(19)24-15(20)18-8-7-17-10-18/h5-10,21H,4H2,1-3H3. The number of hydrogen-bond acceptors (Lipinski definition) is 7. The molecule has 0 aliphatic rings. The van der Waals surface area contributed by atoms with Gasteiger partial charge in [0.1, 0.15) is 6.33 Å². The summed E-state index contributed by atoms with van der Waals surface area (Å²) in [6.45, 7) is 1.60. The molecule has 2 rings (SSSR count). The highest BCUT2D eigenvalue weighted by atomic mass is 16.6. The van der Waals surface area contributed by atoms with Crippen LogP contribution in [0, 0.1) is 0 Å². The van der Waals surface area contributed by atoms with Gasteiger partial charge in [0.2, 0.25) is 0 Å². The van der Waals surface area contributed by atoms with Crippen LogP contribution >= 0.6 is 0 Å². The van der Waals surface area contributed by atoms with Crippen LogP contribution in [-0.2, 0) is 15.1 Å². The molecule has 0 spiro atoms. The summed E-state index contributed by atoms with van der Waals surface area (Å²) >= 11 is 0. The van der Waals surface area contributed by atoms with Gasteiger partial charge >= 0.3 is 12.1 Å². The first kappa shape index (κ1) is 17.5. The van der Waals surface area contributed by atoms with Gasteiger partial charge in [0.25, 0.3) is 0 Å². The third kappa shape index (κ3) is 3.23. The maximum absolute atomic E-state index is 12.4. The van der Waals surface area contributed by atoms with Crippen LogP contribution in [0.15, 0.2) is 36.9 Å². The molecule has 24 heavy (non-hydrogen) atoms. The first-order valence-electron chi connectivity index (χ1n) is 7.15. The zero-order valence-corrected chi connectivity index (χ0v) is 13.6. The van der Waals surface area contributed by atoms with Crippen molar-refractivity contribution in [1.29, 1.82) is 0 Å². The van der Waals surface area contributed by atoms with Crippen molar-refractivity contribution in [3.63, 3.8) is 0 Å². The number of hydrogen-bond donors (Lipinski definition) is 1. The molecular formula is C16H18N2O6. The summed E-state index contributed by atoms with van der Waals surface area (Å²) in [7, 11) is 2.91. The molecule has 2 aromatic rings. The van der Waals surface area contributed by atoms with Gasteiger partial charge in [0.15, 0.2) is 17.1 Å². The number of ether oxygens (including phenoxy) is 3. The lowest BCUT2D eigenvalue weighted by Crippen LogP contribution is -2.38. The van der Waals surface area contributed by atoms with Crippen LogP contribution in [0.3, 0.4) is 0 Å². The van der Waals surface area contributed by atoms with Gasteiger partial charge in [-0.05, 0) is 24.1 Å². The number of carbonyl (C=O) groups excluding carboxylic acids is 2. The van der Waals surface area contributed by atoms with Gasteiger partial charge in [-0.1, -0.05) is 13.0 Å². The number of imidazole rings is 1. The molecule has 1 N–H and O–H groups in total. The van der Waals surface area contributed by atoms with Gasteiger partial charge in [-0.2, -0.15) is 0 Å². The first-order chi connectivity index (χ1) is 11.5. The van der Waals surface area contributed by atoms with E-state index < -0.39 is 17.7 Å². The summed E-state index contributed by atoms with van der Waals surface area (Å²) in [5, 5.41) is 10.7. The molecule has 1 aromatic carbocycles. The predicted molar refractivity (Wildman–Crippen MR) is 82.8 cm³/mol. The van der Waals surface area contributed by atoms with Gasteiger partial charge in [-0.15, -0.1) is 0 Å². The monoisotopic (exact) mass is 334 g/mol. The Morgan fingerprint density at radius 3 is 2.50 bits per heavy atom. The zero-order chi connectivity index (χ0) is 17.7. The van der Waals surface area contributed by atoms with Crippen LogP contribution in [0.4, 0.5) is 4.79 Å². The number of aliphatic hydroxyl groups is 1. The highest BCUT2D eigenvalue weighted by Crippen LogP contribution is 2.34. The number of nitrogens with zero attached hydrogens (tertiary/aromatic N) is 2. The SMILES string of the molecule is CCC(O)(C(=O)OC(=O)n1ccnc1)c1ccc(OC)c(OC)c1. The molecule has 1 unspecified atom stereocenters. The third-order valence-corrected chi connectivity index (χ3v) is 3.61. The largest absolute Gasteiger partial charge is 0.493 e. The highest BCUT2D eigenvalue weighted by Gasteiger charge is 2.40. The van der Waals surface area contributed by atoms with E-state index >= 15 is 0 Å². The van der Waals surface area contributed by atoms with Gasteiger partial charge in [0, 0.05) is 12.4 Å². The molecule has 8 heteroatoms. The second kappa shape index (κ2) is 7.14. The Morgan fingerprint density at radius 1 is 1.25 bits per heavy atom. The Labute approximate surface area is 138 Å². The van der Waals surface area contributed by atoms with Crippen LogP contribution in [0.25, 0.3) is 0 Å². The first-order valence-corrected chi connectivity index (χ1v) is 7.15. The molecule has 1 heterocycles. The molecule has 0 aliphatic heterocycles. The van der Waals surface area contributed by atoms with E-state index in [1.54, 1.807) is 13.0 Å². The molecular weight excluding hydrogens is 316 g/mol. The number of methoxy groups -OCH3 is 2. The van der Waals surface area contributed by atoms with E-state index in [-0.39, 0.29) is 12.0 Å². The van der Waals surface area contributed by atoms with E-state index in [0.717, 1.165) is 4.57 Å². The Hall–Kier alpha value is -2.87. The minimum absolute atomic E-state index is 0.00146. The fourth-order valence-electron chi connectivity index (χ4n) is 2.14. The van der Waals surface area contributed by atoms with Crippen LogP contribution in [-0.4, -0.2) is 40.9 Å². The summed E-state index contributed by atoms with van der Waals surface area (Å²) in [5.41, 5.74) is -1.78. The number of benzene rings is 1. The Kier molecular flexibility index (Phi) is 5.20. The van der Waals surface area contributed by atoms with Crippen LogP contribution < -0.4 is 9.47 Å². The Bertz CT molecular complexity index is 728. The molecule has 0 fully saturated rings. The molecule has 1 aromatic heterocycles. The van der Waals surface area contributed by atoms with Crippen LogP contribution in [0.2, 0.25) is 0 Å². The summed E-state index contributed by atoms with van der Waals surface area (Å²) < 4.78 is 16.0. The normalized spacial score (nSPS) is 13.0. The second-order valence-corrected chi connectivity index (χ2v) is 4.91. The van der Waals surface area contributed by atoms with Crippen molar-refractivity contribution in [2.45, 2.75) is 18.9 Å². The summed E-state index contributed by atoms with van der Waals surface area (Å²) in [6, 6.07) is 4.53.